The van der Waals surface area contributed by atoms with Gasteiger partial charge >= 0.3 is 0 Å². The zero-order valence-corrected chi connectivity index (χ0v) is 9.52. The molecule has 88 valence electrons. The van der Waals surface area contributed by atoms with Gasteiger partial charge < -0.3 is 15.2 Å². The molecule has 1 aliphatic rings. The van der Waals surface area contributed by atoms with Crippen molar-refractivity contribution in [3.05, 3.63) is 29.8 Å². The van der Waals surface area contributed by atoms with Crippen molar-refractivity contribution in [1.29, 1.82) is 0 Å². The van der Waals surface area contributed by atoms with Crippen molar-refractivity contribution in [2.75, 3.05) is 19.8 Å². The maximum atomic E-state index is 5.54. The number of hydrogen-bond acceptors (Lipinski definition) is 3. The maximum absolute atomic E-state index is 5.54. The van der Waals surface area contributed by atoms with Gasteiger partial charge in [0.2, 0.25) is 0 Å². The summed E-state index contributed by atoms with van der Waals surface area (Å²) in [5, 5.41) is 0. The summed E-state index contributed by atoms with van der Waals surface area (Å²) in [6.07, 6.45) is 2.67. The van der Waals surface area contributed by atoms with Gasteiger partial charge in [0.25, 0.3) is 0 Å². The minimum atomic E-state index is 0.574. The molecule has 0 saturated heterocycles. The Bertz CT molecular complexity index is 306. The van der Waals surface area contributed by atoms with Crippen LogP contribution in [0.25, 0.3) is 0 Å². The largest absolute Gasteiger partial charge is 0.491 e. The van der Waals surface area contributed by atoms with Crippen molar-refractivity contribution in [2.45, 2.75) is 19.4 Å². The van der Waals surface area contributed by atoms with Gasteiger partial charge in [-0.3, -0.25) is 0 Å². The molecule has 0 heterocycles. The molecular formula is C13H19NO2. The molecule has 0 unspecified atom stereocenters. The first-order chi connectivity index (χ1) is 7.88. The van der Waals surface area contributed by atoms with E-state index in [9.17, 15) is 0 Å². The van der Waals surface area contributed by atoms with Crippen LogP contribution in [0, 0.1) is 5.92 Å². The smallest absolute Gasteiger partial charge is 0.119 e. The minimum absolute atomic E-state index is 0.574. The molecule has 3 nitrogen and oxygen atoms in total. The zero-order valence-electron chi connectivity index (χ0n) is 9.52. The summed E-state index contributed by atoms with van der Waals surface area (Å²) in [5.41, 5.74) is 6.64. The molecule has 2 N–H and O–H groups in total. The highest BCUT2D eigenvalue weighted by Crippen LogP contribution is 2.28. The molecular weight excluding hydrogens is 202 g/mol. The Hall–Kier alpha value is -1.06. The Morgan fingerprint density at radius 3 is 2.50 bits per heavy atom. The molecule has 2 rings (SSSR count). The van der Waals surface area contributed by atoms with Crippen molar-refractivity contribution < 1.29 is 9.47 Å². The number of benzene rings is 1. The molecule has 1 aromatic carbocycles. The van der Waals surface area contributed by atoms with E-state index < -0.39 is 0 Å². The second-order valence-corrected chi connectivity index (χ2v) is 4.21. The molecule has 0 spiro atoms. The summed E-state index contributed by atoms with van der Waals surface area (Å²) < 4.78 is 11.0. The quantitative estimate of drug-likeness (QED) is 0.716. The van der Waals surface area contributed by atoms with Gasteiger partial charge in [0.1, 0.15) is 12.4 Å². The Morgan fingerprint density at radius 2 is 1.88 bits per heavy atom. The van der Waals surface area contributed by atoms with E-state index in [1.165, 1.54) is 12.8 Å². The number of rotatable bonds is 7. The van der Waals surface area contributed by atoms with Gasteiger partial charge in [0.05, 0.1) is 6.61 Å². The van der Waals surface area contributed by atoms with Crippen LogP contribution >= 0.6 is 0 Å². The van der Waals surface area contributed by atoms with Crippen LogP contribution in [0.4, 0.5) is 0 Å². The highest BCUT2D eigenvalue weighted by Gasteiger charge is 2.20. The van der Waals surface area contributed by atoms with E-state index in [4.69, 9.17) is 15.2 Å². The van der Waals surface area contributed by atoms with Gasteiger partial charge in [0, 0.05) is 13.2 Å². The lowest BCUT2D eigenvalue weighted by atomic mass is 10.2. The predicted molar refractivity (Wildman–Crippen MR) is 63.4 cm³/mol. The Labute approximate surface area is 96.5 Å². The predicted octanol–water partition coefficient (Wildman–Crippen LogP) is 1.95. The van der Waals surface area contributed by atoms with E-state index in [-0.39, 0.29) is 0 Å². The van der Waals surface area contributed by atoms with E-state index in [0.717, 1.165) is 23.8 Å². The van der Waals surface area contributed by atoms with Crippen LogP contribution in [0.15, 0.2) is 24.3 Å². The minimum Gasteiger partial charge on any atom is -0.491 e. The third-order valence-electron chi connectivity index (χ3n) is 2.71. The van der Waals surface area contributed by atoms with Gasteiger partial charge in [-0.15, -0.1) is 0 Å². The van der Waals surface area contributed by atoms with Crippen LogP contribution in [0.5, 0.6) is 5.75 Å². The second-order valence-electron chi connectivity index (χ2n) is 4.21. The lowest BCUT2D eigenvalue weighted by molar-refractivity contribution is 0.0927. The van der Waals surface area contributed by atoms with Crippen LogP contribution in [-0.2, 0) is 11.3 Å². The van der Waals surface area contributed by atoms with Crippen LogP contribution < -0.4 is 10.5 Å². The van der Waals surface area contributed by atoms with E-state index in [1.807, 2.05) is 24.3 Å². The summed E-state index contributed by atoms with van der Waals surface area (Å²) in [5.74, 6) is 1.70. The van der Waals surface area contributed by atoms with E-state index in [1.54, 1.807) is 0 Å². The SMILES string of the molecule is NCc1ccc(OCCOCC2CC2)cc1. The van der Waals surface area contributed by atoms with Gasteiger partial charge in [-0.1, -0.05) is 12.1 Å². The number of ether oxygens (including phenoxy) is 2. The van der Waals surface area contributed by atoms with E-state index in [2.05, 4.69) is 0 Å². The third kappa shape index (κ3) is 3.83. The van der Waals surface area contributed by atoms with E-state index >= 15 is 0 Å². The van der Waals surface area contributed by atoms with Crippen LogP contribution in [0.1, 0.15) is 18.4 Å². The molecule has 1 aliphatic carbocycles. The van der Waals surface area contributed by atoms with Crippen molar-refractivity contribution in [2.24, 2.45) is 11.7 Å². The second kappa shape index (κ2) is 5.87. The van der Waals surface area contributed by atoms with Gasteiger partial charge in [-0.25, -0.2) is 0 Å². The van der Waals surface area contributed by atoms with Gasteiger partial charge in [-0.05, 0) is 36.5 Å². The first-order valence-electron chi connectivity index (χ1n) is 5.88. The monoisotopic (exact) mass is 221 g/mol. The Balaban J connectivity index is 1.60. The first kappa shape index (κ1) is 11.4. The fraction of sp³-hybridized carbons (Fsp3) is 0.538. The summed E-state index contributed by atoms with van der Waals surface area (Å²) in [4.78, 5) is 0. The van der Waals surface area contributed by atoms with Crippen LogP contribution in [0.3, 0.4) is 0 Å². The lowest BCUT2D eigenvalue weighted by Crippen LogP contribution is -2.08. The van der Waals surface area contributed by atoms with Crippen molar-refractivity contribution in [3.63, 3.8) is 0 Å². The fourth-order valence-corrected chi connectivity index (χ4v) is 1.47. The number of hydrogen-bond donors (Lipinski definition) is 1. The van der Waals surface area contributed by atoms with Crippen molar-refractivity contribution in [1.82, 2.24) is 0 Å². The van der Waals surface area contributed by atoms with Crippen LogP contribution in [0.2, 0.25) is 0 Å². The normalized spacial score (nSPS) is 15.1. The molecule has 0 atom stereocenters. The highest BCUT2D eigenvalue weighted by molar-refractivity contribution is 5.26. The first-order valence-corrected chi connectivity index (χ1v) is 5.88. The molecule has 3 heteroatoms. The zero-order chi connectivity index (χ0) is 11.2. The molecule has 0 aromatic heterocycles. The van der Waals surface area contributed by atoms with Crippen LogP contribution in [-0.4, -0.2) is 19.8 Å². The number of nitrogens with two attached hydrogens (primary N) is 1. The topological polar surface area (TPSA) is 44.5 Å². The molecule has 0 amide bonds. The molecule has 16 heavy (non-hydrogen) atoms. The molecule has 0 radical (unpaired) electrons. The Morgan fingerprint density at radius 1 is 1.12 bits per heavy atom. The fourth-order valence-electron chi connectivity index (χ4n) is 1.47. The molecule has 0 aliphatic heterocycles. The Kier molecular flexibility index (Phi) is 4.19. The standard InChI is InChI=1S/C13H19NO2/c14-9-11-3-5-13(6-4-11)16-8-7-15-10-12-1-2-12/h3-6,12H,1-2,7-10,14H2. The molecule has 1 fully saturated rings. The van der Waals surface area contributed by atoms with Gasteiger partial charge in [0.15, 0.2) is 0 Å². The summed E-state index contributed by atoms with van der Waals surface area (Å²) in [6, 6.07) is 7.87. The van der Waals surface area contributed by atoms with Crippen molar-refractivity contribution >= 4 is 0 Å². The average molecular weight is 221 g/mol. The summed E-state index contributed by atoms with van der Waals surface area (Å²) in [6.45, 7) is 2.77. The third-order valence-corrected chi connectivity index (χ3v) is 2.71. The average Bonchev–Trinajstić information content (AvgIpc) is 3.13. The molecule has 0 bridgehead atoms. The van der Waals surface area contributed by atoms with Crippen molar-refractivity contribution in [3.8, 4) is 5.75 Å². The van der Waals surface area contributed by atoms with Gasteiger partial charge in [-0.2, -0.15) is 0 Å². The molecule has 1 saturated carbocycles. The highest BCUT2D eigenvalue weighted by atomic mass is 16.5. The lowest BCUT2D eigenvalue weighted by Gasteiger charge is -2.07. The summed E-state index contributed by atoms with van der Waals surface area (Å²) >= 11 is 0. The summed E-state index contributed by atoms with van der Waals surface area (Å²) in [7, 11) is 0. The maximum Gasteiger partial charge on any atom is 0.119 e. The molecule has 1 aromatic rings. The van der Waals surface area contributed by atoms with E-state index in [0.29, 0.717) is 19.8 Å².